The number of nitrogens with zero attached hydrogens (tertiary/aromatic N) is 1. The summed E-state index contributed by atoms with van der Waals surface area (Å²) in [4.78, 5) is 12.1. The normalized spacial score (nSPS) is 11.3. The Morgan fingerprint density at radius 3 is 2.48 bits per heavy atom. The molecule has 0 unspecified atom stereocenters. The zero-order chi connectivity index (χ0) is 15.4. The van der Waals surface area contributed by atoms with Gasteiger partial charge in [-0.2, -0.15) is 5.10 Å². The van der Waals surface area contributed by atoms with Gasteiger partial charge >= 0.3 is 0 Å². The molecule has 1 N–H and O–H groups in total. The van der Waals surface area contributed by atoms with Gasteiger partial charge in [-0.3, -0.25) is 4.79 Å². The lowest BCUT2D eigenvalue weighted by Gasteiger charge is -2.06. The van der Waals surface area contributed by atoms with Gasteiger partial charge in [-0.25, -0.2) is 5.43 Å². The van der Waals surface area contributed by atoms with Crippen LogP contribution in [-0.4, -0.2) is 11.6 Å². The van der Waals surface area contributed by atoms with Gasteiger partial charge in [0.05, 0.1) is 15.8 Å². The second kappa shape index (κ2) is 6.74. The maximum absolute atomic E-state index is 12.1. The SMILES string of the molecule is C/C(=N\NC(=O)c1ccccc1C)c1ccc(Cl)c(Cl)c1. The number of hydrogen-bond acceptors (Lipinski definition) is 2. The van der Waals surface area contributed by atoms with Crippen LogP contribution in [0.5, 0.6) is 0 Å². The molecule has 0 heterocycles. The van der Waals surface area contributed by atoms with Gasteiger partial charge < -0.3 is 0 Å². The molecule has 0 spiro atoms. The highest BCUT2D eigenvalue weighted by Gasteiger charge is 2.08. The van der Waals surface area contributed by atoms with Gasteiger partial charge in [-0.05, 0) is 43.2 Å². The van der Waals surface area contributed by atoms with Crippen LogP contribution < -0.4 is 5.43 Å². The summed E-state index contributed by atoms with van der Waals surface area (Å²) >= 11 is 11.8. The summed E-state index contributed by atoms with van der Waals surface area (Å²) < 4.78 is 0. The minimum atomic E-state index is -0.243. The fourth-order valence-electron chi connectivity index (χ4n) is 1.81. The first-order chi connectivity index (χ1) is 9.99. The molecular weight excluding hydrogens is 307 g/mol. The summed E-state index contributed by atoms with van der Waals surface area (Å²) in [5.74, 6) is -0.243. The monoisotopic (exact) mass is 320 g/mol. The standard InChI is InChI=1S/C16H14Cl2N2O/c1-10-5-3-4-6-13(10)16(21)20-19-11(2)12-7-8-14(17)15(18)9-12/h3-9H,1-2H3,(H,20,21)/b19-11+. The third-order valence-electron chi connectivity index (χ3n) is 3.05. The quantitative estimate of drug-likeness (QED) is 0.658. The van der Waals surface area contributed by atoms with Gasteiger partial charge in [0.2, 0.25) is 0 Å². The van der Waals surface area contributed by atoms with Gasteiger partial charge in [-0.1, -0.05) is 47.5 Å². The summed E-state index contributed by atoms with van der Waals surface area (Å²) in [6.07, 6.45) is 0. The first-order valence-corrected chi connectivity index (χ1v) is 7.10. The molecule has 0 saturated carbocycles. The number of aryl methyl sites for hydroxylation is 1. The van der Waals surface area contributed by atoms with Crippen molar-refractivity contribution in [3.8, 4) is 0 Å². The molecule has 0 radical (unpaired) electrons. The topological polar surface area (TPSA) is 41.5 Å². The molecule has 0 atom stereocenters. The Balaban J connectivity index is 2.15. The molecule has 21 heavy (non-hydrogen) atoms. The fraction of sp³-hybridized carbons (Fsp3) is 0.125. The number of rotatable bonds is 3. The van der Waals surface area contributed by atoms with Crippen molar-refractivity contribution in [2.45, 2.75) is 13.8 Å². The van der Waals surface area contributed by atoms with Crippen LogP contribution in [0.1, 0.15) is 28.4 Å². The maximum atomic E-state index is 12.1. The second-order valence-corrected chi connectivity index (χ2v) is 5.40. The van der Waals surface area contributed by atoms with Crippen molar-refractivity contribution in [1.29, 1.82) is 0 Å². The van der Waals surface area contributed by atoms with Gasteiger partial charge in [0.25, 0.3) is 5.91 Å². The minimum absolute atomic E-state index is 0.243. The van der Waals surface area contributed by atoms with Gasteiger partial charge in [0, 0.05) is 5.56 Å². The van der Waals surface area contributed by atoms with Crippen LogP contribution >= 0.6 is 23.2 Å². The van der Waals surface area contributed by atoms with E-state index in [0.29, 0.717) is 21.3 Å². The highest BCUT2D eigenvalue weighted by atomic mass is 35.5. The summed E-state index contributed by atoms with van der Waals surface area (Å²) in [6.45, 7) is 3.67. The summed E-state index contributed by atoms with van der Waals surface area (Å²) in [7, 11) is 0. The number of hydrogen-bond donors (Lipinski definition) is 1. The Kier molecular flexibility index (Phi) is 4.99. The lowest BCUT2D eigenvalue weighted by atomic mass is 10.1. The summed E-state index contributed by atoms with van der Waals surface area (Å²) in [5, 5.41) is 5.03. The van der Waals surface area contributed by atoms with Crippen molar-refractivity contribution in [3.63, 3.8) is 0 Å². The predicted molar refractivity (Wildman–Crippen MR) is 87.3 cm³/mol. The average molecular weight is 321 g/mol. The third kappa shape index (κ3) is 3.84. The minimum Gasteiger partial charge on any atom is -0.267 e. The number of amides is 1. The molecule has 0 aliphatic rings. The third-order valence-corrected chi connectivity index (χ3v) is 3.79. The predicted octanol–water partition coefficient (Wildman–Crippen LogP) is 4.46. The molecule has 0 fully saturated rings. The molecule has 0 aliphatic carbocycles. The van der Waals surface area contributed by atoms with Crippen LogP contribution in [0.25, 0.3) is 0 Å². The maximum Gasteiger partial charge on any atom is 0.271 e. The number of nitrogens with one attached hydrogen (secondary N) is 1. The van der Waals surface area contributed by atoms with Crippen molar-refractivity contribution in [2.24, 2.45) is 5.10 Å². The number of benzene rings is 2. The van der Waals surface area contributed by atoms with Crippen molar-refractivity contribution in [3.05, 3.63) is 69.2 Å². The van der Waals surface area contributed by atoms with Crippen LogP contribution in [0.3, 0.4) is 0 Å². The molecule has 2 rings (SSSR count). The summed E-state index contributed by atoms with van der Waals surface area (Å²) in [5.41, 5.74) is 5.49. The molecule has 0 aromatic heterocycles. The van der Waals surface area contributed by atoms with E-state index in [0.717, 1.165) is 11.1 Å². The fourth-order valence-corrected chi connectivity index (χ4v) is 2.11. The van der Waals surface area contributed by atoms with E-state index in [2.05, 4.69) is 10.5 Å². The summed E-state index contributed by atoms with van der Waals surface area (Å²) in [6, 6.07) is 12.5. The molecule has 0 saturated heterocycles. The number of halogens is 2. The smallest absolute Gasteiger partial charge is 0.267 e. The molecule has 108 valence electrons. The van der Waals surface area contributed by atoms with Gasteiger partial charge in [0.1, 0.15) is 0 Å². The van der Waals surface area contributed by atoms with E-state index in [1.807, 2.05) is 25.1 Å². The molecule has 0 aliphatic heterocycles. The Morgan fingerprint density at radius 2 is 1.81 bits per heavy atom. The van der Waals surface area contributed by atoms with Gasteiger partial charge in [-0.15, -0.1) is 0 Å². The highest BCUT2D eigenvalue weighted by Crippen LogP contribution is 2.22. The van der Waals surface area contributed by atoms with Crippen molar-refractivity contribution in [1.82, 2.24) is 5.43 Å². The van der Waals surface area contributed by atoms with Crippen molar-refractivity contribution < 1.29 is 4.79 Å². The van der Waals surface area contributed by atoms with E-state index in [9.17, 15) is 4.79 Å². The van der Waals surface area contributed by atoms with Gasteiger partial charge in [0.15, 0.2) is 0 Å². The molecule has 2 aromatic carbocycles. The molecule has 5 heteroatoms. The van der Waals surface area contributed by atoms with E-state index < -0.39 is 0 Å². The number of carbonyl (C=O) groups excluding carboxylic acids is 1. The van der Waals surface area contributed by atoms with E-state index in [-0.39, 0.29) is 5.91 Å². The first-order valence-electron chi connectivity index (χ1n) is 6.34. The average Bonchev–Trinajstić information content (AvgIpc) is 2.47. The number of carbonyl (C=O) groups is 1. The van der Waals surface area contributed by atoms with Crippen molar-refractivity contribution >= 4 is 34.8 Å². The Labute approximate surface area is 133 Å². The van der Waals surface area contributed by atoms with E-state index in [1.54, 1.807) is 31.2 Å². The molecule has 1 amide bonds. The molecule has 2 aromatic rings. The zero-order valence-electron chi connectivity index (χ0n) is 11.7. The Morgan fingerprint density at radius 1 is 1.10 bits per heavy atom. The van der Waals surface area contributed by atoms with E-state index in [4.69, 9.17) is 23.2 Å². The van der Waals surface area contributed by atoms with Crippen LogP contribution in [0.4, 0.5) is 0 Å². The van der Waals surface area contributed by atoms with Crippen LogP contribution in [0.2, 0.25) is 10.0 Å². The molecule has 3 nitrogen and oxygen atoms in total. The van der Waals surface area contributed by atoms with E-state index >= 15 is 0 Å². The highest BCUT2D eigenvalue weighted by molar-refractivity contribution is 6.42. The molecule has 0 bridgehead atoms. The number of hydrazone groups is 1. The first kappa shape index (κ1) is 15.5. The van der Waals surface area contributed by atoms with Crippen LogP contribution in [0.15, 0.2) is 47.6 Å². The lowest BCUT2D eigenvalue weighted by Crippen LogP contribution is -2.20. The largest absolute Gasteiger partial charge is 0.271 e. The Bertz CT molecular complexity index is 711. The van der Waals surface area contributed by atoms with Crippen LogP contribution in [-0.2, 0) is 0 Å². The van der Waals surface area contributed by atoms with Crippen molar-refractivity contribution in [2.75, 3.05) is 0 Å². The lowest BCUT2D eigenvalue weighted by molar-refractivity contribution is 0.0954. The Hall–Kier alpha value is -1.84. The zero-order valence-corrected chi connectivity index (χ0v) is 13.2. The second-order valence-electron chi connectivity index (χ2n) is 4.58. The van der Waals surface area contributed by atoms with E-state index in [1.165, 1.54) is 0 Å². The van der Waals surface area contributed by atoms with Crippen LogP contribution in [0, 0.1) is 6.92 Å². The molecular formula is C16H14Cl2N2O.